The first-order valence-corrected chi connectivity index (χ1v) is 8.40. The molecule has 0 spiro atoms. The largest absolute Gasteiger partial charge is 0.0853 e. The predicted molar refractivity (Wildman–Crippen MR) is 89.7 cm³/mol. The number of fused-ring (bicyclic) bond motifs is 1. The number of allylic oxidation sites excluding steroid dienone is 6. The van der Waals surface area contributed by atoms with Crippen molar-refractivity contribution in [2.24, 2.45) is 17.3 Å². The van der Waals surface area contributed by atoms with Gasteiger partial charge in [0.05, 0.1) is 0 Å². The van der Waals surface area contributed by atoms with E-state index in [1.165, 1.54) is 38.5 Å². The molecule has 0 bridgehead atoms. The van der Waals surface area contributed by atoms with Gasteiger partial charge in [-0.15, -0.1) is 0 Å². The van der Waals surface area contributed by atoms with Crippen molar-refractivity contribution >= 4 is 0 Å². The first kappa shape index (κ1) is 15.6. The van der Waals surface area contributed by atoms with E-state index < -0.39 is 0 Å². The topological polar surface area (TPSA) is 0 Å². The third kappa shape index (κ3) is 3.87. The summed E-state index contributed by atoms with van der Waals surface area (Å²) in [6, 6.07) is 0. The summed E-state index contributed by atoms with van der Waals surface area (Å²) in [4.78, 5) is 0. The van der Waals surface area contributed by atoms with Gasteiger partial charge in [0.15, 0.2) is 0 Å². The monoisotopic (exact) mass is 272 g/mol. The number of hydrogen-bond acceptors (Lipinski definition) is 0. The molecule has 0 aromatic carbocycles. The van der Waals surface area contributed by atoms with E-state index in [0.29, 0.717) is 5.41 Å². The maximum absolute atomic E-state index is 2.58. The van der Waals surface area contributed by atoms with E-state index in [1.54, 1.807) is 16.7 Å². The van der Waals surface area contributed by atoms with Crippen LogP contribution in [0.4, 0.5) is 0 Å². The fraction of sp³-hybridized carbons (Fsp3) is 0.700. The summed E-state index contributed by atoms with van der Waals surface area (Å²) in [7, 11) is 0. The standard InChI is InChI=1S/C20H32/c1-15-8-6-10-16(2)12-13-18-19(20(18,4)5)14-17(3)11-7-9-15/h9-10,14,18-19H,6-8,11-13H2,1-5H3. The molecule has 0 aromatic heterocycles. The highest BCUT2D eigenvalue weighted by molar-refractivity contribution is 5.19. The molecule has 1 saturated carbocycles. The van der Waals surface area contributed by atoms with Gasteiger partial charge in [-0.05, 0) is 76.5 Å². The van der Waals surface area contributed by atoms with E-state index in [0.717, 1.165) is 11.8 Å². The predicted octanol–water partition coefficient (Wildman–Crippen LogP) is 6.45. The summed E-state index contributed by atoms with van der Waals surface area (Å²) in [6.07, 6.45) is 15.1. The molecule has 2 rings (SSSR count). The number of hydrogen-bond donors (Lipinski definition) is 0. The Morgan fingerprint density at radius 3 is 2.05 bits per heavy atom. The molecule has 0 radical (unpaired) electrons. The zero-order valence-electron chi connectivity index (χ0n) is 14.1. The molecule has 0 amide bonds. The van der Waals surface area contributed by atoms with Crippen molar-refractivity contribution in [2.75, 3.05) is 0 Å². The normalized spacial score (nSPS) is 31.4. The van der Waals surface area contributed by atoms with Gasteiger partial charge < -0.3 is 0 Å². The van der Waals surface area contributed by atoms with Gasteiger partial charge in [0.2, 0.25) is 0 Å². The molecule has 2 aliphatic rings. The summed E-state index contributed by atoms with van der Waals surface area (Å²) in [5.41, 5.74) is 5.28. The fourth-order valence-corrected chi connectivity index (χ4v) is 3.74. The highest BCUT2D eigenvalue weighted by Gasteiger charge is 2.55. The molecule has 0 heteroatoms. The first-order chi connectivity index (χ1) is 9.41. The lowest BCUT2D eigenvalue weighted by atomic mass is 10.0. The summed E-state index contributed by atoms with van der Waals surface area (Å²) in [5.74, 6) is 1.73. The molecule has 2 aliphatic carbocycles. The molecule has 1 fully saturated rings. The molecular formula is C20H32. The van der Waals surface area contributed by atoms with Gasteiger partial charge in [-0.25, -0.2) is 0 Å². The molecule has 0 saturated heterocycles. The Labute approximate surface area is 126 Å². The Hall–Kier alpha value is -0.780. The van der Waals surface area contributed by atoms with Gasteiger partial charge in [0.25, 0.3) is 0 Å². The van der Waals surface area contributed by atoms with E-state index in [9.17, 15) is 0 Å². The van der Waals surface area contributed by atoms with Gasteiger partial charge >= 0.3 is 0 Å². The van der Waals surface area contributed by atoms with Crippen LogP contribution in [0.3, 0.4) is 0 Å². The minimum Gasteiger partial charge on any atom is -0.0853 e. The number of rotatable bonds is 0. The second-order valence-electron chi connectivity index (χ2n) is 7.68. The molecule has 2 atom stereocenters. The van der Waals surface area contributed by atoms with Gasteiger partial charge in [-0.1, -0.05) is 48.8 Å². The molecule has 0 aliphatic heterocycles. The Bertz CT molecular complexity index is 431. The molecule has 0 N–H and O–H groups in total. The lowest BCUT2D eigenvalue weighted by Gasteiger charge is -2.05. The van der Waals surface area contributed by atoms with Crippen molar-refractivity contribution in [1.29, 1.82) is 0 Å². The van der Waals surface area contributed by atoms with Crippen LogP contribution in [0, 0.1) is 17.3 Å². The Morgan fingerprint density at radius 1 is 0.850 bits per heavy atom. The first-order valence-electron chi connectivity index (χ1n) is 8.40. The molecule has 20 heavy (non-hydrogen) atoms. The van der Waals surface area contributed by atoms with Crippen LogP contribution < -0.4 is 0 Å². The van der Waals surface area contributed by atoms with Crippen LogP contribution in [0.15, 0.2) is 34.9 Å². The molecular weight excluding hydrogens is 240 g/mol. The minimum absolute atomic E-state index is 0.535. The molecule has 0 aromatic rings. The van der Waals surface area contributed by atoms with E-state index in [-0.39, 0.29) is 0 Å². The maximum Gasteiger partial charge on any atom is -0.0143 e. The second-order valence-corrected chi connectivity index (χ2v) is 7.68. The quantitative estimate of drug-likeness (QED) is 0.444. The van der Waals surface area contributed by atoms with Crippen LogP contribution >= 0.6 is 0 Å². The van der Waals surface area contributed by atoms with E-state index in [2.05, 4.69) is 52.8 Å². The Kier molecular flexibility index (Phi) is 4.94. The van der Waals surface area contributed by atoms with Crippen molar-refractivity contribution in [3.8, 4) is 0 Å². The summed E-state index contributed by atoms with van der Waals surface area (Å²) >= 11 is 0. The molecule has 0 heterocycles. The van der Waals surface area contributed by atoms with Crippen molar-refractivity contribution in [3.63, 3.8) is 0 Å². The minimum atomic E-state index is 0.535. The van der Waals surface area contributed by atoms with Gasteiger partial charge in [-0.2, -0.15) is 0 Å². The third-order valence-electron chi connectivity index (χ3n) is 5.52. The van der Waals surface area contributed by atoms with Crippen LogP contribution in [-0.2, 0) is 0 Å². The second kappa shape index (κ2) is 6.33. The highest BCUT2D eigenvalue weighted by atomic mass is 14.6. The van der Waals surface area contributed by atoms with Crippen molar-refractivity contribution in [2.45, 2.75) is 73.1 Å². The SMILES string of the molecule is CC1=CCCC(C)=CC2C(CCC(C)=CCC1)C2(C)C. The zero-order chi connectivity index (χ0) is 14.8. The third-order valence-corrected chi connectivity index (χ3v) is 5.52. The van der Waals surface area contributed by atoms with Crippen LogP contribution in [0.5, 0.6) is 0 Å². The summed E-state index contributed by atoms with van der Waals surface area (Å²) in [6.45, 7) is 11.8. The summed E-state index contributed by atoms with van der Waals surface area (Å²) < 4.78 is 0. The van der Waals surface area contributed by atoms with Crippen molar-refractivity contribution in [3.05, 3.63) is 34.9 Å². The highest BCUT2D eigenvalue weighted by Crippen LogP contribution is 2.61. The molecule has 2 unspecified atom stereocenters. The van der Waals surface area contributed by atoms with Gasteiger partial charge in [0, 0.05) is 0 Å². The average Bonchev–Trinajstić information content (AvgIpc) is 2.86. The zero-order valence-corrected chi connectivity index (χ0v) is 14.1. The summed E-state index contributed by atoms with van der Waals surface area (Å²) in [5, 5.41) is 0. The van der Waals surface area contributed by atoms with Gasteiger partial charge in [-0.3, -0.25) is 0 Å². The fourth-order valence-electron chi connectivity index (χ4n) is 3.74. The van der Waals surface area contributed by atoms with E-state index >= 15 is 0 Å². The average molecular weight is 272 g/mol. The lowest BCUT2D eigenvalue weighted by Crippen LogP contribution is -1.91. The van der Waals surface area contributed by atoms with Crippen molar-refractivity contribution in [1.82, 2.24) is 0 Å². The Morgan fingerprint density at radius 2 is 1.40 bits per heavy atom. The smallest absolute Gasteiger partial charge is 0.0143 e. The Balaban J connectivity index is 2.09. The molecule has 112 valence electrons. The van der Waals surface area contributed by atoms with E-state index in [1.807, 2.05) is 0 Å². The van der Waals surface area contributed by atoms with Crippen LogP contribution in [0.2, 0.25) is 0 Å². The van der Waals surface area contributed by atoms with Crippen LogP contribution in [0.1, 0.15) is 73.1 Å². The van der Waals surface area contributed by atoms with Crippen LogP contribution in [-0.4, -0.2) is 0 Å². The lowest BCUT2D eigenvalue weighted by molar-refractivity contribution is 0.528. The van der Waals surface area contributed by atoms with Gasteiger partial charge in [0.1, 0.15) is 0 Å². The molecule has 0 nitrogen and oxygen atoms in total. The maximum atomic E-state index is 2.58. The van der Waals surface area contributed by atoms with Crippen LogP contribution in [0.25, 0.3) is 0 Å². The van der Waals surface area contributed by atoms with E-state index in [4.69, 9.17) is 0 Å². The van der Waals surface area contributed by atoms with Crippen molar-refractivity contribution < 1.29 is 0 Å².